The Hall–Kier alpha value is -4.66. The number of carbonyl (C=O) groups excluding carboxylic acids is 3. The van der Waals surface area contributed by atoms with E-state index in [1.807, 2.05) is 0 Å². The number of alkyl carbamates (subject to hydrolysis) is 1. The fourth-order valence-electron chi connectivity index (χ4n) is 3.33. The number of imide groups is 1. The predicted octanol–water partition coefficient (Wildman–Crippen LogP) is 5.09. The summed E-state index contributed by atoms with van der Waals surface area (Å²) in [6.45, 7) is 0. The highest BCUT2D eigenvalue weighted by Gasteiger charge is 2.20. The number of nitrogens with two attached hydrogens (primary N) is 1. The first-order valence-corrected chi connectivity index (χ1v) is 11.2. The summed E-state index contributed by atoms with van der Waals surface area (Å²) in [5.74, 6) is -2.38. The number of allylic oxidation sites excluding steroid dienone is 1. The van der Waals surface area contributed by atoms with Crippen LogP contribution >= 0.6 is 0 Å². The third-order valence-electron chi connectivity index (χ3n) is 5.17. The zero-order chi connectivity index (χ0) is 25.9. The first-order chi connectivity index (χ1) is 17.3. The maximum atomic E-state index is 13.9. The van der Waals surface area contributed by atoms with E-state index in [0.29, 0.717) is 29.8 Å². The van der Waals surface area contributed by atoms with Gasteiger partial charge in [-0.15, -0.1) is 0 Å². The quantitative estimate of drug-likeness (QED) is 0.187. The van der Waals surface area contributed by atoms with Gasteiger partial charge in [-0.1, -0.05) is 42.5 Å². The van der Waals surface area contributed by atoms with Crippen molar-refractivity contribution in [3.63, 3.8) is 0 Å². The van der Waals surface area contributed by atoms with Gasteiger partial charge in [0.05, 0.1) is 11.4 Å². The van der Waals surface area contributed by atoms with Crippen LogP contribution in [0.1, 0.15) is 41.3 Å². The van der Waals surface area contributed by atoms with Crippen molar-refractivity contribution in [3.05, 3.63) is 102 Å². The first-order valence-electron chi connectivity index (χ1n) is 11.2. The first kappa shape index (κ1) is 26.0. The normalized spacial score (nSPS) is 11.6. The van der Waals surface area contributed by atoms with E-state index in [-0.39, 0.29) is 17.9 Å². The van der Waals surface area contributed by atoms with Crippen LogP contribution in [0, 0.1) is 5.82 Å². The number of phenols is 1. The predicted molar refractivity (Wildman–Crippen MR) is 134 cm³/mol. The highest BCUT2D eigenvalue weighted by molar-refractivity contribution is 6.03. The molecule has 0 heterocycles. The number of nitrogen functional groups attached to an aromatic ring is 1. The number of phenolic OH excluding ortho intramolecular Hbond substituents is 1. The van der Waals surface area contributed by atoms with E-state index in [4.69, 9.17) is 10.5 Å². The van der Waals surface area contributed by atoms with Crippen LogP contribution in [0.15, 0.2) is 84.9 Å². The van der Waals surface area contributed by atoms with Crippen molar-refractivity contribution in [2.75, 3.05) is 11.1 Å². The lowest BCUT2D eigenvalue weighted by molar-refractivity contribution is -0.111. The average Bonchev–Trinajstić information content (AvgIpc) is 2.86. The summed E-state index contributed by atoms with van der Waals surface area (Å²) in [5.41, 5.74) is 7.36. The van der Waals surface area contributed by atoms with Crippen molar-refractivity contribution in [1.29, 1.82) is 0 Å². The van der Waals surface area contributed by atoms with E-state index in [1.54, 1.807) is 60.7 Å². The lowest BCUT2D eigenvalue weighted by Gasteiger charge is -2.18. The van der Waals surface area contributed by atoms with Gasteiger partial charge >= 0.3 is 6.09 Å². The minimum atomic E-state index is -0.988. The molecule has 0 fully saturated rings. The van der Waals surface area contributed by atoms with Crippen molar-refractivity contribution < 1.29 is 28.6 Å². The smallest absolute Gasteiger partial charge is 0.414 e. The molecule has 0 aliphatic carbocycles. The highest BCUT2D eigenvalue weighted by Crippen LogP contribution is 2.27. The summed E-state index contributed by atoms with van der Waals surface area (Å²) >= 11 is 0. The van der Waals surface area contributed by atoms with Gasteiger partial charge in [-0.3, -0.25) is 14.9 Å². The number of hydrogen-bond donors (Lipinski definition) is 4. The molecule has 5 N–H and O–H groups in total. The summed E-state index contributed by atoms with van der Waals surface area (Å²) in [7, 11) is 0. The number of aromatic hydroxyl groups is 1. The van der Waals surface area contributed by atoms with Gasteiger partial charge in [0, 0.05) is 5.56 Å². The van der Waals surface area contributed by atoms with Crippen LogP contribution in [-0.2, 0) is 9.53 Å². The second-order valence-corrected chi connectivity index (χ2v) is 7.83. The molecule has 3 rings (SSSR count). The fourth-order valence-corrected chi connectivity index (χ4v) is 3.33. The molecule has 3 aromatic rings. The Morgan fingerprint density at radius 2 is 1.75 bits per heavy atom. The lowest BCUT2D eigenvalue weighted by Crippen LogP contribution is -2.32. The molecule has 3 amide bonds. The number of amides is 3. The SMILES string of the molecule is Nc1ccccc1NC(=O)/C=C/CCC[C@@H](OC(=O)NC(=O)c1ccccc1)c1ccc(O)c(F)c1. The summed E-state index contributed by atoms with van der Waals surface area (Å²) in [6, 6.07) is 18.7. The molecule has 0 saturated carbocycles. The molecule has 36 heavy (non-hydrogen) atoms. The summed E-state index contributed by atoms with van der Waals surface area (Å²) in [4.78, 5) is 36.7. The molecule has 0 radical (unpaired) electrons. The van der Waals surface area contributed by atoms with Crippen LogP contribution in [0.3, 0.4) is 0 Å². The number of anilines is 2. The van der Waals surface area contributed by atoms with Gasteiger partial charge in [0.1, 0.15) is 6.10 Å². The van der Waals surface area contributed by atoms with Crippen LogP contribution in [0.5, 0.6) is 5.75 Å². The Morgan fingerprint density at radius 1 is 1.03 bits per heavy atom. The second-order valence-electron chi connectivity index (χ2n) is 7.83. The number of unbranched alkanes of at least 4 members (excludes halogenated alkanes) is 1. The number of halogens is 1. The molecule has 0 bridgehead atoms. The number of carbonyl (C=O) groups is 3. The zero-order valence-electron chi connectivity index (χ0n) is 19.3. The molecule has 8 nitrogen and oxygen atoms in total. The van der Waals surface area contributed by atoms with Crippen molar-refractivity contribution in [3.8, 4) is 5.75 Å². The van der Waals surface area contributed by atoms with E-state index < -0.39 is 29.7 Å². The van der Waals surface area contributed by atoms with Gasteiger partial charge in [0.15, 0.2) is 11.6 Å². The van der Waals surface area contributed by atoms with E-state index in [0.717, 1.165) is 12.1 Å². The van der Waals surface area contributed by atoms with Crippen molar-refractivity contribution in [2.24, 2.45) is 0 Å². The van der Waals surface area contributed by atoms with Gasteiger partial charge in [-0.2, -0.15) is 0 Å². The minimum Gasteiger partial charge on any atom is -0.505 e. The van der Waals surface area contributed by atoms with E-state index in [1.165, 1.54) is 12.1 Å². The fraction of sp³-hybridized carbons (Fsp3) is 0.148. The summed E-state index contributed by atoms with van der Waals surface area (Å²) < 4.78 is 19.3. The number of para-hydroxylation sites is 2. The third-order valence-corrected chi connectivity index (χ3v) is 5.17. The number of nitrogens with one attached hydrogen (secondary N) is 2. The van der Waals surface area contributed by atoms with Crippen LogP contribution in [0.4, 0.5) is 20.6 Å². The molecule has 0 aliphatic rings. The van der Waals surface area contributed by atoms with Gasteiger partial charge in [-0.25, -0.2) is 9.18 Å². The van der Waals surface area contributed by atoms with Crippen LogP contribution < -0.4 is 16.4 Å². The van der Waals surface area contributed by atoms with Crippen molar-refractivity contribution in [1.82, 2.24) is 5.32 Å². The average molecular weight is 492 g/mol. The maximum Gasteiger partial charge on any atom is 0.414 e. The molecule has 186 valence electrons. The van der Waals surface area contributed by atoms with Gasteiger partial charge < -0.3 is 20.9 Å². The van der Waals surface area contributed by atoms with Crippen LogP contribution in [0.2, 0.25) is 0 Å². The van der Waals surface area contributed by atoms with Gasteiger partial charge in [-0.05, 0) is 67.3 Å². The molecular formula is C27H26FN3O5. The molecule has 0 aliphatic heterocycles. The number of rotatable bonds is 9. The molecule has 9 heteroatoms. The van der Waals surface area contributed by atoms with Crippen LogP contribution in [-0.4, -0.2) is 23.0 Å². The molecule has 1 atom stereocenters. The molecule has 3 aromatic carbocycles. The van der Waals surface area contributed by atoms with Crippen molar-refractivity contribution >= 4 is 29.3 Å². The van der Waals surface area contributed by atoms with E-state index in [2.05, 4.69) is 10.6 Å². The van der Waals surface area contributed by atoms with Gasteiger partial charge in [0.25, 0.3) is 5.91 Å². The summed E-state index contributed by atoms with van der Waals surface area (Å²) in [6.07, 6.45) is 2.35. The zero-order valence-corrected chi connectivity index (χ0v) is 19.3. The molecule has 0 aromatic heterocycles. The minimum absolute atomic E-state index is 0.273. The van der Waals surface area contributed by atoms with E-state index in [9.17, 15) is 23.9 Å². The molecular weight excluding hydrogens is 465 g/mol. The monoisotopic (exact) mass is 491 g/mol. The molecule has 0 spiro atoms. The second kappa shape index (κ2) is 12.7. The Morgan fingerprint density at radius 3 is 2.47 bits per heavy atom. The molecule has 0 saturated heterocycles. The Kier molecular flexibility index (Phi) is 9.16. The Labute approximate surface area is 207 Å². The number of benzene rings is 3. The highest BCUT2D eigenvalue weighted by atomic mass is 19.1. The maximum absolute atomic E-state index is 13.9. The topological polar surface area (TPSA) is 131 Å². The van der Waals surface area contributed by atoms with E-state index >= 15 is 0 Å². The lowest BCUT2D eigenvalue weighted by atomic mass is 10.0. The summed E-state index contributed by atoms with van der Waals surface area (Å²) in [5, 5.41) is 14.3. The van der Waals surface area contributed by atoms with Crippen molar-refractivity contribution in [2.45, 2.75) is 25.4 Å². The third kappa shape index (κ3) is 7.69. The standard InChI is InChI=1S/C27H26FN3O5/c28-20-17-19(15-16-23(20)32)24(36-27(35)31-26(34)18-9-3-1-4-10-18)13-5-2-6-14-25(33)30-22-12-8-7-11-21(22)29/h1,3-4,6-12,14-17,24,32H,2,5,13,29H2,(H,30,33)(H,31,34,35)/b14-6+/t24-/m1/s1. The molecule has 0 unspecified atom stereocenters. The number of ether oxygens (including phenoxy) is 1. The number of hydrogen-bond acceptors (Lipinski definition) is 6. The van der Waals surface area contributed by atoms with Crippen LogP contribution in [0.25, 0.3) is 0 Å². The van der Waals surface area contributed by atoms with Gasteiger partial charge in [0.2, 0.25) is 5.91 Å². The Bertz CT molecular complexity index is 1250. The Balaban J connectivity index is 1.58. The largest absolute Gasteiger partial charge is 0.505 e.